The molecule has 0 saturated carbocycles. The summed E-state index contributed by atoms with van der Waals surface area (Å²) in [5, 5.41) is 3.85. The monoisotopic (exact) mass is 319 g/mol. The fourth-order valence-corrected chi connectivity index (χ4v) is 3.72. The van der Waals surface area contributed by atoms with E-state index in [1.54, 1.807) is 12.1 Å². The van der Waals surface area contributed by atoms with Gasteiger partial charge in [-0.15, -0.1) is 11.8 Å². The predicted molar refractivity (Wildman–Crippen MR) is 86.3 cm³/mol. The minimum Gasteiger partial charge on any atom is -0.465 e. The Morgan fingerprint density at radius 3 is 2.95 bits per heavy atom. The van der Waals surface area contributed by atoms with Gasteiger partial charge in [0.05, 0.1) is 23.7 Å². The number of halogens is 1. The number of anilines is 1. The summed E-state index contributed by atoms with van der Waals surface area (Å²) in [6.45, 7) is 0. The SMILES string of the molecule is COC(=O)c1cc(NC2CSc3ccccc32)ccc1Cl. The molecular formula is C16H14ClNO2S. The van der Waals surface area contributed by atoms with Crippen molar-refractivity contribution in [1.82, 2.24) is 0 Å². The van der Waals surface area contributed by atoms with Gasteiger partial charge in [-0.1, -0.05) is 29.8 Å². The second kappa shape index (κ2) is 6.00. The molecule has 2 aromatic carbocycles. The van der Waals surface area contributed by atoms with Gasteiger partial charge >= 0.3 is 5.97 Å². The lowest BCUT2D eigenvalue weighted by Crippen LogP contribution is -2.11. The second-order valence-electron chi connectivity index (χ2n) is 4.73. The average Bonchev–Trinajstić information content (AvgIpc) is 2.92. The van der Waals surface area contributed by atoms with E-state index in [-0.39, 0.29) is 6.04 Å². The van der Waals surface area contributed by atoms with E-state index < -0.39 is 5.97 Å². The molecule has 1 unspecified atom stereocenters. The number of methoxy groups -OCH3 is 1. The standard InChI is InChI=1S/C16H14ClNO2S/c1-20-16(19)12-8-10(6-7-13(12)17)18-14-9-21-15-5-3-2-4-11(14)15/h2-8,14,18H,9H2,1H3. The van der Waals surface area contributed by atoms with Crippen LogP contribution in [0.1, 0.15) is 22.0 Å². The number of benzene rings is 2. The van der Waals surface area contributed by atoms with Crippen molar-refractivity contribution < 1.29 is 9.53 Å². The first-order valence-electron chi connectivity index (χ1n) is 6.55. The molecule has 21 heavy (non-hydrogen) atoms. The third-order valence-electron chi connectivity index (χ3n) is 3.41. The molecule has 2 aromatic rings. The summed E-state index contributed by atoms with van der Waals surface area (Å²) < 4.78 is 4.74. The topological polar surface area (TPSA) is 38.3 Å². The van der Waals surface area contributed by atoms with Crippen molar-refractivity contribution in [3.8, 4) is 0 Å². The van der Waals surface area contributed by atoms with Crippen LogP contribution in [-0.4, -0.2) is 18.8 Å². The van der Waals surface area contributed by atoms with Crippen LogP contribution in [0, 0.1) is 0 Å². The molecule has 1 aliphatic rings. The van der Waals surface area contributed by atoms with Crippen LogP contribution < -0.4 is 5.32 Å². The van der Waals surface area contributed by atoms with E-state index in [0.717, 1.165) is 11.4 Å². The molecule has 0 fully saturated rings. The highest BCUT2D eigenvalue weighted by Gasteiger charge is 2.23. The third-order valence-corrected chi connectivity index (χ3v) is 4.92. The summed E-state index contributed by atoms with van der Waals surface area (Å²) in [7, 11) is 1.35. The van der Waals surface area contributed by atoms with Gasteiger partial charge in [0.25, 0.3) is 0 Å². The summed E-state index contributed by atoms with van der Waals surface area (Å²) in [6.07, 6.45) is 0. The van der Waals surface area contributed by atoms with Crippen molar-refractivity contribution >= 4 is 35.0 Å². The highest BCUT2D eigenvalue weighted by Crippen LogP contribution is 2.39. The lowest BCUT2D eigenvalue weighted by atomic mass is 10.1. The quantitative estimate of drug-likeness (QED) is 0.852. The minimum atomic E-state index is -0.426. The van der Waals surface area contributed by atoms with Gasteiger partial charge in [0.2, 0.25) is 0 Å². The highest BCUT2D eigenvalue weighted by molar-refractivity contribution is 7.99. The number of rotatable bonds is 3. The molecular weight excluding hydrogens is 306 g/mol. The first kappa shape index (κ1) is 14.3. The Hall–Kier alpha value is -1.65. The number of hydrogen-bond donors (Lipinski definition) is 1. The summed E-state index contributed by atoms with van der Waals surface area (Å²) in [4.78, 5) is 13.0. The number of hydrogen-bond acceptors (Lipinski definition) is 4. The third kappa shape index (κ3) is 2.87. The van der Waals surface area contributed by atoms with Gasteiger partial charge in [0, 0.05) is 16.3 Å². The average molecular weight is 320 g/mol. The molecule has 5 heteroatoms. The van der Waals surface area contributed by atoms with Gasteiger partial charge in [0.1, 0.15) is 0 Å². The van der Waals surface area contributed by atoms with Gasteiger partial charge in [-0.05, 0) is 29.8 Å². The van der Waals surface area contributed by atoms with E-state index in [1.807, 2.05) is 30.0 Å². The first-order chi connectivity index (χ1) is 10.2. The van der Waals surface area contributed by atoms with E-state index in [0.29, 0.717) is 10.6 Å². The molecule has 1 N–H and O–H groups in total. The number of thioether (sulfide) groups is 1. The zero-order valence-electron chi connectivity index (χ0n) is 11.4. The molecule has 108 valence electrons. The second-order valence-corrected chi connectivity index (χ2v) is 6.20. The van der Waals surface area contributed by atoms with E-state index in [4.69, 9.17) is 16.3 Å². The molecule has 0 amide bonds. The molecule has 0 bridgehead atoms. The van der Waals surface area contributed by atoms with Crippen molar-refractivity contribution in [3.05, 3.63) is 58.6 Å². The van der Waals surface area contributed by atoms with Gasteiger partial charge < -0.3 is 10.1 Å². The van der Waals surface area contributed by atoms with E-state index in [9.17, 15) is 4.79 Å². The summed E-state index contributed by atoms with van der Waals surface area (Å²) in [5.41, 5.74) is 2.53. The summed E-state index contributed by atoms with van der Waals surface area (Å²) in [6, 6.07) is 13.9. The van der Waals surface area contributed by atoms with E-state index >= 15 is 0 Å². The molecule has 1 heterocycles. The van der Waals surface area contributed by atoms with Crippen LogP contribution in [0.3, 0.4) is 0 Å². The maximum absolute atomic E-state index is 11.7. The van der Waals surface area contributed by atoms with Crippen molar-refractivity contribution in [2.45, 2.75) is 10.9 Å². The number of fused-ring (bicyclic) bond motifs is 1. The zero-order valence-corrected chi connectivity index (χ0v) is 13.0. The number of nitrogens with one attached hydrogen (secondary N) is 1. The maximum Gasteiger partial charge on any atom is 0.339 e. The minimum absolute atomic E-state index is 0.234. The molecule has 1 atom stereocenters. The Bertz CT molecular complexity index is 690. The maximum atomic E-state index is 11.7. The van der Waals surface area contributed by atoms with Gasteiger partial charge in [-0.3, -0.25) is 0 Å². The highest BCUT2D eigenvalue weighted by atomic mass is 35.5. The van der Waals surface area contributed by atoms with Crippen LogP contribution >= 0.6 is 23.4 Å². The Labute approximate surface area is 132 Å². The number of carbonyl (C=O) groups excluding carboxylic acids is 1. The Morgan fingerprint density at radius 2 is 2.14 bits per heavy atom. The smallest absolute Gasteiger partial charge is 0.339 e. The predicted octanol–water partition coefficient (Wildman–Crippen LogP) is 4.39. The normalized spacial score (nSPS) is 16.4. The number of carbonyl (C=O) groups is 1. The van der Waals surface area contributed by atoms with Crippen LogP contribution in [0.4, 0.5) is 5.69 Å². The largest absolute Gasteiger partial charge is 0.465 e. The van der Waals surface area contributed by atoms with Crippen LogP contribution in [0.5, 0.6) is 0 Å². The molecule has 0 spiro atoms. The molecule has 0 radical (unpaired) electrons. The molecule has 3 nitrogen and oxygen atoms in total. The van der Waals surface area contributed by atoms with Crippen molar-refractivity contribution in [3.63, 3.8) is 0 Å². The van der Waals surface area contributed by atoms with Crippen molar-refractivity contribution in [2.24, 2.45) is 0 Å². The molecule has 3 rings (SSSR count). The van der Waals surface area contributed by atoms with Gasteiger partial charge in [-0.2, -0.15) is 0 Å². The van der Waals surface area contributed by atoms with Crippen LogP contribution in [0.25, 0.3) is 0 Å². The fourth-order valence-electron chi connectivity index (χ4n) is 2.36. The van der Waals surface area contributed by atoms with E-state index in [1.165, 1.54) is 17.6 Å². The van der Waals surface area contributed by atoms with Gasteiger partial charge in [-0.25, -0.2) is 4.79 Å². The number of ether oxygens (including phenoxy) is 1. The Kier molecular flexibility index (Phi) is 4.08. The fraction of sp³-hybridized carbons (Fsp3) is 0.188. The van der Waals surface area contributed by atoms with Crippen LogP contribution in [-0.2, 0) is 4.74 Å². The lowest BCUT2D eigenvalue weighted by Gasteiger charge is -2.15. The van der Waals surface area contributed by atoms with Crippen molar-refractivity contribution in [2.75, 3.05) is 18.2 Å². The molecule has 0 aromatic heterocycles. The van der Waals surface area contributed by atoms with E-state index in [2.05, 4.69) is 17.4 Å². The summed E-state index contributed by atoms with van der Waals surface area (Å²) in [5.74, 6) is 0.542. The first-order valence-corrected chi connectivity index (χ1v) is 7.91. The Balaban J connectivity index is 1.85. The Morgan fingerprint density at radius 1 is 1.33 bits per heavy atom. The number of esters is 1. The van der Waals surface area contributed by atoms with Gasteiger partial charge in [0.15, 0.2) is 0 Å². The van der Waals surface area contributed by atoms with Crippen LogP contribution in [0.15, 0.2) is 47.4 Å². The molecule has 0 aliphatic carbocycles. The summed E-state index contributed by atoms with van der Waals surface area (Å²) >= 11 is 7.87. The lowest BCUT2D eigenvalue weighted by molar-refractivity contribution is 0.0601. The molecule has 0 saturated heterocycles. The van der Waals surface area contributed by atoms with Crippen LogP contribution in [0.2, 0.25) is 5.02 Å². The zero-order chi connectivity index (χ0) is 14.8. The molecule has 1 aliphatic heterocycles. The van der Waals surface area contributed by atoms with Crippen molar-refractivity contribution in [1.29, 1.82) is 0 Å².